The van der Waals surface area contributed by atoms with Gasteiger partial charge in [-0.3, -0.25) is 15.0 Å². The number of hydrogen-bond donors (Lipinski definition) is 2. The van der Waals surface area contributed by atoms with Crippen molar-refractivity contribution in [1.82, 2.24) is 14.8 Å². The molecule has 0 spiro atoms. The van der Waals surface area contributed by atoms with E-state index in [0.717, 1.165) is 25.7 Å². The Labute approximate surface area is 170 Å². The van der Waals surface area contributed by atoms with Crippen LogP contribution >= 0.6 is 0 Å². The largest absolute Gasteiger partial charge is 0.497 e. The molecule has 0 saturated heterocycles. The molecule has 1 unspecified atom stereocenters. The minimum atomic E-state index is -4.03. The molecule has 3 rings (SSSR count). The number of sulfonamides is 1. The van der Waals surface area contributed by atoms with E-state index in [1.807, 2.05) is 0 Å². The van der Waals surface area contributed by atoms with Crippen molar-refractivity contribution in [2.75, 3.05) is 7.11 Å². The smallest absolute Gasteiger partial charge is 0.262 e. The number of amides is 1. The van der Waals surface area contributed by atoms with E-state index >= 15 is 0 Å². The van der Waals surface area contributed by atoms with Gasteiger partial charge in [0.15, 0.2) is 0 Å². The molecule has 0 aliphatic heterocycles. The van der Waals surface area contributed by atoms with Crippen LogP contribution < -0.4 is 10.2 Å². The Balaban J connectivity index is 2.05. The van der Waals surface area contributed by atoms with E-state index in [9.17, 15) is 18.4 Å². The van der Waals surface area contributed by atoms with Gasteiger partial charge in [-0.1, -0.05) is 12.8 Å². The summed E-state index contributed by atoms with van der Waals surface area (Å²) < 4.78 is 33.4. The van der Waals surface area contributed by atoms with Crippen LogP contribution in [0, 0.1) is 5.92 Å². The van der Waals surface area contributed by atoms with Gasteiger partial charge < -0.3 is 4.74 Å². The van der Waals surface area contributed by atoms with E-state index in [2.05, 4.69) is 4.98 Å². The monoisotopic (exact) mass is 419 g/mol. The van der Waals surface area contributed by atoms with E-state index in [-0.39, 0.29) is 17.4 Å². The quantitative estimate of drug-likeness (QED) is 0.502. The fourth-order valence-corrected chi connectivity index (χ4v) is 5.44. The summed E-state index contributed by atoms with van der Waals surface area (Å²) in [6.07, 6.45) is 6.44. The second kappa shape index (κ2) is 9.34. The third kappa shape index (κ3) is 4.75. The van der Waals surface area contributed by atoms with E-state index in [4.69, 9.17) is 4.74 Å². The van der Waals surface area contributed by atoms with Gasteiger partial charge in [0.05, 0.1) is 12.0 Å². The molecule has 29 heavy (non-hydrogen) atoms. The van der Waals surface area contributed by atoms with Gasteiger partial charge in [-0.25, -0.2) is 13.9 Å². The van der Waals surface area contributed by atoms with Crippen molar-refractivity contribution in [3.05, 3.63) is 54.4 Å². The summed E-state index contributed by atoms with van der Waals surface area (Å²) in [6, 6.07) is 8.44. The minimum Gasteiger partial charge on any atom is -0.497 e. The molecule has 1 amide bonds. The first-order valence-corrected chi connectivity index (χ1v) is 10.9. The van der Waals surface area contributed by atoms with Crippen molar-refractivity contribution in [1.29, 1.82) is 0 Å². The maximum atomic E-state index is 13.6. The summed E-state index contributed by atoms with van der Waals surface area (Å²) in [5.74, 6) is -0.356. The van der Waals surface area contributed by atoms with E-state index in [1.165, 1.54) is 23.5 Å². The molecule has 1 aromatic heterocycles. The number of ether oxygens (including phenoxy) is 1. The Kier molecular flexibility index (Phi) is 6.83. The van der Waals surface area contributed by atoms with Gasteiger partial charge >= 0.3 is 0 Å². The zero-order chi connectivity index (χ0) is 20.9. The molecule has 1 aliphatic carbocycles. The first kappa shape index (κ1) is 21.2. The van der Waals surface area contributed by atoms with Gasteiger partial charge in [0.2, 0.25) is 10.0 Å². The fraction of sp³-hybridized carbons (Fsp3) is 0.400. The SMILES string of the molecule is COc1ccc(S(=O)(=O)N(Cc2ccncc2)C(C(=O)NO)C2CCCC2)cc1. The molecule has 0 radical (unpaired) electrons. The van der Waals surface area contributed by atoms with Gasteiger partial charge in [0.25, 0.3) is 5.91 Å². The van der Waals surface area contributed by atoms with E-state index < -0.39 is 22.0 Å². The highest BCUT2D eigenvalue weighted by molar-refractivity contribution is 7.89. The highest BCUT2D eigenvalue weighted by Crippen LogP contribution is 2.34. The Morgan fingerprint density at radius 3 is 2.38 bits per heavy atom. The van der Waals surface area contributed by atoms with Gasteiger partial charge in [0, 0.05) is 18.9 Å². The number of hydroxylamine groups is 1. The highest BCUT2D eigenvalue weighted by Gasteiger charge is 2.41. The van der Waals surface area contributed by atoms with Crippen LogP contribution in [0.25, 0.3) is 0 Å². The third-order valence-electron chi connectivity index (χ3n) is 5.29. The molecule has 8 nitrogen and oxygen atoms in total. The van der Waals surface area contributed by atoms with Crippen molar-refractivity contribution >= 4 is 15.9 Å². The zero-order valence-corrected chi connectivity index (χ0v) is 17.0. The summed E-state index contributed by atoms with van der Waals surface area (Å²) in [7, 11) is -2.53. The van der Waals surface area contributed by atoms with Gasteiger partial charge in [-0.15, -0.1) is 0 Å². The number of rotatable bonds is 8. The Morgan fingerprint density at radius 1 is 1.21 bits per heavy atom. The molecule has 156 valence electrons. The van der Waals surface area contributed by atoms with Crippen molar-refractivity contribution in [2.45, 2.75) is 43.2 Å². The lowest BCUT2D eigenvalue weighted by Gasteiger charge is -2.33. The van der Waals surface area contributed by atoms with E-state index in [1.54, 1.807) is 42.1 Å². The maximum absolute atomic E-state index is 13.6. The van der Waals surface area contributed by atoms with Crippen LogP contribution in [0.15, 0.2) is 53.7 Å². The van der Waals surface area contributed by atoms with E-state index in [0.29, 0.717) is 11.3 Å². The summed E-state index contributed by atoms with van der Waals surface area (Å²) in [5, 5.41) is 9.34. The van der Waals surface area contributed by atoms with Gasteiger partial charge in [0.1, 0.15) is 11.8 Å². The number of carbonyl (C=O) groups excluding carboxylic acids is 1. The Hall–Kier alpha value is -2.49. The summed E-state index contributed by atoms with van der Waals surface area (Å²) in [5.41, 5.74) is 2.37. The molecule has 0 bridgehead atoms. The molecule has 1 heterocycles. The Morgan fingerprint density at radius 2 is 1.83 bits per heavy atom. The van der Waals surface area contributed by atoms with Crippen LogP contribution in [0.4, 0.5) is 0 Å². The van der Waals surface area contributed by atoms with Gasteiger partial charge in [-0.2, -0.15) is 4.31 Å². The van der Waals surface area contributed by atoms with Crippen LogP contribution in [-0.4, -0.2) is 42.0 Å². The van der Waals surface area contributed by atoms with Crippen LogP contribution in [0.3, 0.4) is 0 Å². The van der Waals surface area contributed by atoms with Gasteiger partial charge in [-0.05, 0) is 60.7 Å². The first-order chi connectivity index (χ1) is 14.0. The zero-order valence-electron chi connectivity index (χ0n) is 16.2. The standard InChI is InChI=1S/C20H25N3O5S/c1-28-17-6-8-18(9-7-17)29(26,27)23(14-15-10-12-21-13-11-15)19(20(24)22-25)16-4-2-3-5-16/h6-13,16,19,25H,2-5,14H2,1H3,(H,22,24). The fourth-order valence-electron chi connectivity index (χ4n) is 3.80. The maximum Gasteiger partial charge on any atom is 0.262 e. The van der Waals surface area contributed by atoms with Crippen molar-refractivity contribution in [3.8, 4) is 5.75 Å². The normalized spacial score (nSPS) is 16.0. The second-order valence-electron chi connectivity index (χ2n) is 7.05. The molecule has 2 N–H and O–H groups in total. The number of carbonyl (C=O) groups is 1. The van der Waals surface area contributed by atoms with Crippen molar-refractivity contribution in [3.63, 3.8) is 0 Å². The predicted molar refractivity (Wildman–Crippen MR) is 106 cm³/mol. The lowest BCUT2D eigenvalue weighted by Crippen LogP contribution is -2.51. The van der Waals surface area contributed by atoms with Crippen LogP contribution in [0.1, 0.15) is 31.2 Å². The molecule has 1 saturated carbocycles. The van der Waals surface area contributed by atoms with Crippen LogP contribution in [0.5, 0.6) is 5.75 Å². The van der Waals surface area contributed by atoms with Crippen LogP contribution in [0.2, 0.25) is 0 Å². The molecule has 1 atom stereocenters. The second-order valence-corrected chi connectivity index (χ2v) is 8.94. The molecule has 9 heteroatoms. The number of benzene rings is 1. The van der Waals surface area contributed by atoms with Crippen molar-refractivity contribution in [2.24, 2.45) is 5.92 Å². The molecule has 1 fully saturated rings. The number of nitrogens with zero attached hydrogens (tertiary/aromatic N) is 2. The van der Waals surface area contributed by atoms with Crippen LogP contribution in [-0.2, 0) is 21.4 Å². The summed E-state index contributed by atoms with van der Waals surface area (Å²) >= 11 is 0. The van der Waals surface area contributed by atoms with Crippen molar-refractivity contribution < 1.29 is 23.2 Å². The average molecular weight is 420 g/mol. The average Bonchev–Trinajstić information content (AvgIpc) is 3.28. The number of nitrogens with one attached hydrogen (secondary N) is 1. The number of pyridine rings is 1. The summed E-state index contributed by atoms with van der Waals surface area (Å²) in [6.45, 7) is -0.00846. The highest BCUT2D eigenvalue weighted by atomic mass is 32.2. The topological polar surface area (TPSA) is 109 Å². The number of methoxy groups -OCH3 is 1. The molecule has 1 aromatic carbocycles. The molecule has 2 aromatic rings. The molecular weight excluding hydrogens is 394 g/mol. The lowest BCUT2D eigenvalue weighted by molar-refractivity contribution is -0.135. The number of aromatic nitrogens is 1. The number of hydrogen-bond acceptors (Lipinski definition) is 6. The summed E-state index contributed by atoms with van der Waals surface area (Å²) in [4.78, 5) is 16.6. The minimum absolute atomic E-state index is 0.00846. The molecular formula is C20H25N3O5S. The predicted octanol–water partition coefficient (Wildman–Crippen LogP) is 2.35. The third-order valence-corrected chi connectivity index (χ3v) is 7.13. The first-order valence-electron chi connectivity index (χ1n) is 9.46. The Bertz CT molecular complexity index is 913. The lowest BCUT2D eigenvalue weighted by atomic mass is 9.97. The molecule has 1 aliphatic rings.